The predicted octanol–water partition coefficient (Wildman–Crippen LogP) is 9.37. The van der Waals surface area contributed by atoms with Crippen molar-refractivity contribution in [2.75, 3.05) is 117 Å². The van der Waals surface area contributed by atoms with Crippen molar-refractivity contribution in [3.63, 3.8) is 0 Å². The number of likely N-dealkylation sites (N-methyl/N-ethyl adjacent to an activating group) is 3. The van der Waals surface area contributed by atoms with Crippen molar-refractivity contribution in [1.82, 2.24) is 88.5 Å². The third-order valence-electron chi connectivity index (χ3n) is 25.1. The smallest absolute Gasteiger partial charge is 0.229 e. The Morgan fingerprint density at radius 1 is 0.418 bits per heavy atom. The first-order chi connectivity index (χ1) is 58.8. The molecule has 8 aliphatic heterocycles. The van der Waals surface area contributed by atoms with Crippen molar-refractivity contribution in [2.45, 2.75) is 109 Å². The quantitative estimate of drug-likeness (QED) is 0.0581. The van der Waals surface area contributed by atoms with E-state index in [2.05, 4.69) is 95.0 Å². The average Bonchev–Trinajstić information content (AvgIpc) is 1.62. The number of hydrogen-bond donors (Lipinski definition) is 4. The summed E-state index contributed by atoms with van der Waals surface area (Å²) < 4.78 is 64.3. The van der Waals surface area contributed by atoms with Crippen LogP contribution in [0.15, 0.2) is 164 Å². The van der Waals surface area contributed by atoms with E-state index >= 15 is 0 Å². The highest BCUT2D eigenvalue weighted by atomic mass is 19.1. The third kappa shape index (κ3) is 18.3. The monoisotopic (exact) mass is 1660 g/mol. The second-order valence-corrected chi connectivity index (χ2v) is 34.0. The van der Waals surface area contributed by atoms with Gasteiger partial charge in [0.05, 0.1) is 168 Å². The van der Waals surface area contributed by atoms with Gasteiger partial charge in [-0.2, -0.15) is 15.3 Å². The van der Waals surface area contributed by atoms with Gasteiger partial charge in [-0.05, 0) is 198 Å². The van der Waals surface area contributed by atoms with Crippen LogP contribution in [0.25, 0.3) is 45.0 Å². The maximum atomic E-state index is 13.2. The molecular formula is C91H100F4N22O5. The number of amides is 4. The molecule has 0 radical (unpaired) electrons. The van der Waals surface area contributed by atoms with Crippen LogP contribution in [-0.4, -0.2) is 218 Å². The van der Waals surface area contributed by atoms with Crippen LogP contribution in [0.3, 0.4) is 0 Å². The second-order valence-electron chi connectivity index (χ2n) is 34.0. The van der Waals surface area contributed by atoms with Crippen LogP contribution in [0.5, 0.6) is 0 Å². The van der Waals surface area contributed by atoms with E-state index in [0.717, 1.165) is 141 Å². The molecule has 11 aromatic rings. The number of nitrogens with zero attached hydrogens (tertiary/aromatic N) is 18. The largest absolute Gasteiger partial charge is 0.397 e. The lowest BCUT2D eigenvalue weighted by atomic mass is 10.0. The lowest BCUT2D eigenvalue weighted by Crippen LogP contribution is -2.51. The van der Waals surface area contributed by atoms with Gasteiger partial charge in [-0.3, -0.25) is 58.1 Å². The molecule has 31 heteroatoms. The van der Waals surface area contributed by atoms with Crippen molar-refractivity contribution in [3.8, 4) is 45.0 Å². The maximum Gasteiger partial charge on any atom is 0.229 e. The van der Waals surface area contributed by atoms with Crippen molar-refractivity contribution >= 4 is 46.4 Å². The highest BCUT2D eigenvalue weighted by Crippen LogP contribution is 2.42. The van der Waals surface area contributed by atoms with Gasteiger partial charge in [0.15, 0.2) is 0 Å². The number of halogens is 4. The van der Waals surface area contributed by atoms with E-state index in [1.54, 1.807) is 107 Å². The molecule has 20 rings (SSSR count). The topological polar surface area (TPSA) is 313 Å². The number of pyridine rings is 4. The summed E-state index contributed by atoms with van der Waals surface area (Å²) in [6, 6.07) is 40.7. The minimum atomic E-state index is -0.302. The summed E-state index contributed by atoms with van der Waals surface area (Å²) in [5, 5.41) is 13.9. The number of fused-ring (bicyclic) bond motifs is 4. The van der Waals surface area contributed by atoms with Gasteiger partial charge in [0.1, 0.15) is 23.3 Å². The molecule has 9 aliphatic rings. The summed E-state index contributed by atoms with van der Waals surface area (Å²) in [6.07, 6.45) is 8.91. The molecule has 7 aromatic heterocycles. The normalized spacial score (nSPS) is 18.8. The van der Waals surface area contributed by atoms with E-state index in [1.165, 1.54) is 48.5 Å². The number of carbonyl (C=O) groups excluding carboxylic acids is 4. The van der Waals surface area contributed by atoms with Crippen LogP contribution in [0.4, 0.5) is 40.3 Å². The van der Waals surface area contributed by atoms with E-state index in [4.69, 9.17) is 32.8 Å². The van der Waals surface area contributed by atoms with Gasteiger partial charge in [-0.15, -0.1) is 0 Å². The number of aromatic nitrogens is 10. The lowest BCUT2D eigenvalue weighted by Gasteiger charge is -2.38. The summed E-state index contributed by atoms with van der Waals surface area (Å²) in [7, 11) is 8.52. The number of anilines is 4. The Morgan fingerprint density at radius 3 is 1.16 bits per heavy atom. The fourth-order valence-electron chi connectivity index (χ4n) is 17.9. The first-order valence-corrected chi connectivity index (χ1v) is 41.5. The number of likely N-dealkylation sites (tertiary alicyclic amines) is 4. The Kier molecular flexibility index (Phi) is 23.6. The minimum Gasteiger partial charge on any atom is -0.397 e. The van der Waals surface area contributed by atoms with Crippen molar-refractivity contribution in [3.05, 3.63) is 244 Å². The predicted molar refractivity (Wildman–Crippen MR) is 453 cm³/mol. The Hall–Kier alpha value is -12.3. The van der Waals surface area contributed by atoms with Gasteiger partial charge in [0.25, 0.3) is 0 Å². The van der Waals surface area contributed by atoms with Crippen molar-refractivity contribution in [1.29, 1.82) is 0 Å². The molecule has 6 fully saturated rings. The number of nitrogen functional groups attached to an aromatic ring is 4. The fraction of sp³-hybridized carbons (Fsp3) is 0.374. The molecule has 1 aliphatic carbocycles. The van der Waals surface area contributed by atoms with Crippen molar-refractivity contribution in [2.24, 2.45) is 17.8 Å². The molecule has 15 heterocycles. The first kappa shape index (κ1) is 82.0. The van der Waals surface area contributed by atoms with E-state index < -0.39 is 0 Å². The zero-order valence-electron chi connectivity index (χ0n) is 68.8. The molecule has 2 atom stereocenters. The number of rotatable bonds is 18. The standard InChI is InChI=1S/C24H29FN4O2.C23H25FN6O.2C22H23FN6O/c1-28(20-13-31-14-20)19-8-16-11-29(12-17(16)9-19)24(30)10-23-21(26)6-7-22(27-23)15-2-4-18(25)5-3-15;1-28-9-15(10-28)11-30-13-17-12-29(14-22(17)27-30)23(31)8-21-19(25)6-7-20(26-21)16-2-4-18(24)5-3-16;1-27-11-17(12-27)29-10-15-9-28(13-21(15)26-29)22(30)8-20-18(24)6-7-19(25-20)14-2-4-16(23)5-3-14;1-27-11-17(12-27)29-21-13-28(10-15(21)9-25-29)22(30)8-20-18(24)6-7-19(26-20)14-2-4-16(23)5-3-14/h2-7,16-17,19-20H,8-14,26H2,1H3;2-7,13,15H,8-12,14,25H2,1H3;2-7,10,17H,8-9,11-13,24H2,1H3;2-7,9,17H,8,10-13,24H2,1H3. The molecule has 632 valence electrons. The molecule has 5 saturated heterocycles. The van der Waals surface area contributed by atoms with Gasteiger partial charge in [-0.25, -0.2) is 17.6 Å². The Balaban J connectivity index is 0.000000116. The van der Waals surface area contributed by atoms with Crippen LogP contribution in [0, 0.1) is 41.0 Å². The minimum absolute atomic E-state index is 0.0149. The number of hydrogen-bond acceptors (Lipinski definition) is 20. The third-order valence-corrected chi connectivity index (χ3v) is 25.1. The van der Waals surface area contributed by atoms with E-state index in [1.807, 2.05) is 25.4 Å². The highest BCUT2D eigenvalue weighted by Gasteiger charge is 2.46. The zero-order chi connectivity index (χ0) is 84.7. The van der Waals surface area contributed by atoms with Gasteiger partial charge >= 0.3 is 0 Å². The summed E-state index contributed by atoms with van der Waals surface area (Å²) in [4.78, 5) is 86.8. The highest BCUT2D eigenvalue weighted by molar-refractivity contribution is 5.83. The first-order valence-electron chi connectivity index (χ1n) is 41.5. The molecular weight excluding hydrogens is 1560 g/mol. The summed E-state index contributed by atoms with van der Waals surface area (Å²) in [6.45, 7) is 13.8. The van der Waals surface area contributed by atoms with Gasteiger partial charge in [0.2, 0.25) is 23.6 Å². The van der Waals surface area contributed by atoms with Gasteiger partial charge < -0.3 is 62.0 Å². The van der Waals surface area contributed by atoms with Crippen molar-refractivity contribution < 1.29 is 41.5 Å². The average molecular weight is 1660 g/mol. The van der Waals surface area contributed by atoms with Crippen LogP contribution in [0.1, 0.15) is 81.5 Å². The molecule has 122 heavy (non-hydrogen) atoms. The molecule has 0 spiro atoms. The van der Waals surface area contributed by atoms with E-state index in [0.29, 0.717) is 149 Å². The Labute approximate surface area is 704 Å². The molecule has 1 saturated carbocycles. The number of benzene rings is 4. The Morgan fingerprint density at radius 2 is 0.787 bits per heavy atom. The molecule has 8 N–H and O–H groups in total. The number of ether oxygens (including phenoxy) is 1. The van der Waals surface area contributed by atoms with Gasteiger partial charge in [0, 0.05) is 142 Å². The maximum absolute atomic E-state index is 13.2. The number of carbonyl (C=O) groups is 4. The summed E-state index contributed by atoms with van der Waals surface area (Å²) in [5.74, 6) is 0.634. The molecule has 0 bridgehead atoms. The molecule has 27 nitrogen and oxygen atoms in total. The van der Waals surface area contributed by atoms with Crippen LogP contribution < -0.4 is 22.9 Å². The van der Waals surface area contributed by atoms with Crippen LogP contribution >= 0.6 is 0 Å². The second kappa shape index (κ2) is 35.0. The zero-order valence-corrected chi connectivity index (χ0v) is 68.8. The summed E-state index contributed by atoms with van der Waals surface area (Å²) >= 11 is 0. The lowest BCUT2D eigenvalue weighted by molar-refractivity contribution is -0.132. The van der Waals surface area contributed by atoms with Crippen LogP contribution in [0.2, 0.25) is 0 Å². The van der Waals surface area contributed by atoms with Crippen LogP contribution in [-0.2, 0) is 95.4 Å². The molecule has 4 amide bonds. The Bertz CT molecular complexity index is 5610. The fourth-order valence-corrected chi connectivity index (χ4v) is 17.9. The van der Waals surface area contributed by atoms with E-state index in [9.17, 15) is 36.7 Å². The SMILES string of the molecule is CN(C1COC1)C1CC2CN(C(=O)Cc3nc(-c4ccc(F)cc4)ccc3N)CC2C1.CN1CC(Cn2cc3c(n2)CN(C(=O)Cc2nc(-c4ccc(F)cc4)ccc2N)C3)C1.CN1CC(n2cc3c(n2)CN(C(=O)Cc2nc(-c4ccc(F)cc4)ccc2N)C3)C1.CN1CC(n2ncc3c2CN(C(=O)Cc2nc(-c4ccc(F)cc4)ccc2N)C3)C1. The molecule has 2 unspecified atom stereocenters. The number of nitrogens with two attached hydrogens (primary N) is 4. The molecule has 4 aromatic carbocycles. The summed E-state index contributed by atoms with van der Waals surface area (Å²) in [5.41, 5.74) is 40.8. The van der Waals surface area contributed by atoms with E-state index in [-0.39, 0.29) is 72.6 Å². The van der Waals surface area contributed by atoms with Gasteiger partial charge in [-0.1, -0.05) is 0 Å².